The van der Waals surface area contributed by atoms with Crippen LogP contribution in [0.5, 0.6) is 0 Å². The molecule has 0 spiro atoms. The lowest BCUT2D eigenvalue weighted by molar-refractivity contribution is 0.997. The summed E-state index contributed by atoms with van der Waals surface area (Å²) in [7, 11) is 3.95. The fourth-order valence-electron chi connectivity index (χ4n) is 1.03. The Hall–Kier alpha value is -1.09. The molecule has 0 aliphatic rings. The topological polar surface area (TPSA) is 42.2 Å². The maximum absolute atomic E-state index is 5.52. The minimum atomic E-state index is 0.562. The quantitative estimate of drug-likeness (QED) is 0.708. The van der Waals surface area contributed by atoms with Crippen LogP contribution in [0.15, 0.2) is 12.3 Å². The lowest BCUT2D eigenvalue weighted by atomic mass is 10.1. The molecule has 1 aromatic rings. The van der Waals surface area contributed by atoms with Crippen LogP contribution in [-0.4, -0.2) is 19.1 Å². The van der Waals surface area contributed by atoms with Gasteiger partial charge in [0.05, 0.1) is 0 Å². The van der Waals surface area contributed by atoms with Gasteiger partial charge in [-0.05, 0) is 24.1 Å². The predicted octanol–water partition coefficient (Wildman–Crippen LogP) is 0.915. The first-order chi connectivity index (χ1) is 5.65. The normalized spacial score (nSPS) is 10.0. The van der Waals surface area contributed by atoms with Gasteiger partial charge in [0, 0.05) is 26.8 Å². The van der Waals surface area contributed by atoms with Gasteiger partial charge in [-0.15, -0.1) is 0 Å². The highest BCUT2D eigenvalue weighted by molar-refractivity contribution is 5.41. The summed E-state index contributed by atoms with van der Waals surface area (Å²) in [6.45, 7) is 2.61. The van der Waals surface area contributed by atoms with Crippen LogP contribution >= 0.6 is 0 Å². The van der Waals surface area contributed by atoms with Crippen molar-refractivity contribution in [3.05, 3.63) is 23.4 Å². The molecule has 0 saturated carbocycles. The monoisotopic (exact) mass is 165 g/mol. The van der Waals surface area contributed by atoms with E-state index in [2.05, 4.69) is 11.9 Å². The number of aromatic nitrogens is 1. The largest absolute Gasteiger partial charge is 0.363 e. The summed E-state index contributed by atoms with van der Waals surface area (Å²) >= 11 is 0. The predicted molar refractivity (Wildman–Crippen MR) is 51.2 cm³/mol. The maximum atomic E-state index is 5.52. The van der Waals surface area contributed by atoms with Crippen LogP contribution in [0.3, 0.4) is 0 Å². The molecule has 12 heavy (non-hydrogen) atoms. The molecule has 0 unspecified atom stereocenters. The van der Waals surface area contributed by atoms with Crippen molar-refractivity contribution in [2.75, 3.05) is 19.0 Å². The average molecular weight is 165 g/mol. The summed E-state index contributed by atoms with van der Waals surface area (Å²) in [5.74, 6) is 0.977. The molecule has 0 fully saturated rings. The summed E-state index contributed by atoms with van der Waals surface area (Å²) in [6.07, 6.45) is 1.84. The highest BCUT2D eigenvalue weighted by Gasteiger charge is 2.00. The summed E-state index contributed by atoms with van der Waals surface area (Å²) < 4.78 is 0. The number of nitrogens with two attached hydrogens (primary N) is 1. The number of pyridine rings is 1. The zero-order valence-electron chi connectivity index (χ0n) is 7.83. The van der Waals surface area contributed by atoms with Crippen molar-refractivity contribution in [3.8, 4) is 0 Å². The van der Waals surface area contributed by atoms with E-state index in [4.69, 9.17) is 5.73 Å². The highest BCUT2D eigenvalue weighted by atomic mass is 15.1. The Kier molecular flexibility index (Phi) is 2.65. The third-order valence-corrected chi connectivity index (χ3v) is 1.88. The second-order valence-corrected chi connectivity index (χ2v) is 3.07. The second kappa shape index (κ2) is 3.54. The van der Waals surface area contributed by atoms with Crippen molar-refractivity contribution >= 4 is 5.82 Å². The van der Waals surface area contributed by atoms with E-state index in [0.717, 1.165) is 11.4 Å². The van der Waals surface area contributed by atoms with Gasteiger partial charge in [-0.1, -0.05) is 0 Å². The molecule has 1 rings (SSSR count). The van der Waals surface area contributed by atoms with E-state index in [1.54, 1.807) is 0 Å². The van der Waals surface area contributed by atoms with Crippen molar-refractivity contribution in [2.24, 2.45) is 5.73 Å². The number of hydrogen-bond acceptors (Lipinski definition) is 3. The molecule has 0 aromatic carbocycles. The molecule has 0 aliphatic heterocycles. The van der Waals surface area contributed by atoms with Gasteiger partial charge in [0.15, 0.2) is 0 Å². The van der Waals surface area contributed by atoms with E-state index < -0.39 is 0 Å². The number of anilines is 1. The first kappa shape index (κ1) is 9.00. The van der Waals surface area contributed by atoms with Gasteiger partial charge in [0.25, 0.3) is 0 Å². The Labute approximate surface area is 73.2 Å². The van der Waals surface area contributed by atoms with Crippen molar-refractivity contribution in [2.45, 2.75) is 13.5 Å². The Morgan fingerprint density at radius 3 is 2.58 bits per heavy atom. The number of hydrogen-bond donors (Lipinski definition) is 1. The fraction of sp³-hybridized carbons (Fsp3) is 0.444. The van der Waals surface area contributed by atoms with Crippen molar-refractivity contribution < 1.29 is 0 Å². The van der Waals surface area contributed by atoms with E-state index >= 15 is 0 Å². The van der Waals surface area contributed by atoms with E-state index in [-0.39, 0.29) is 0 Å². The van der Waals surface area contributed by atoms with Crippen molar-refractivity contribution in [1.82, 2.24) is 4.98 Å². The molecule has 0 amide bonds. The van der Waals surface area contributed by atoms with Crippen LogP contribution in [0.4, 0.5) is 5.82 Å². The molecule has 0 aliphatic carbocycles. The third-order valence-electron chi connectivity index (χ3n) is 1.88. The molecule has 1 heterocycles. The SMILES string of the molecule is Cc1cc(N(C)C)ncc1CN. The Bertz CT molecular complexity index is 268. The highest BCUT2D eigenvalue weighted by Crippen LogP contribution is 2.12. The molecule has 3 nitrogen and oxygen atoms in total. The lowest BCUT2D eigenvalue weighted by Crippen LogP contribution is -2.11. The smallest absolute Gasteiger partial charge is 0.128 e. The number of aryl methyl sites for hydroxylation is 1. The van der Waals surface area contributed by atoms with Crippen molar-refractivity contribution in [3.63, 3.8) is 0 Å². The Morgan fingerprint density at radius 2 is 2.17 bits per heavy atom. The van der Waals surface area contributed by atoms with Gasteiger partial charge in [0.1, 0.15) is 5.82 Å². The van der Waals surface area contributed by atoms with Gasteiger partial charge >= 0.3 is 0 Å². The Balaban J connectivity index is 3.02. The van der Waals surface area contributed by atoms with Crippen LogP contribution in [0.25, 0.3) is 0 Å². The summed E-state index contributed by atoms with van der Waals surface area (Å²) in [6, 6.07) is 2.04. The van der Waals surface area contributed by atoms with Gasteiger partial charge < -0.3 is 10.6 Å². The van der Waals surface area contributed by atoms with Crippen molar-refractivity contribution in [1.29, 1.82) is 0 Å². The van der Waals surface area contributed by atoms with Crippen LogP contribution in [0, 0.1) is 6.92 Å². The first-order valence-electron chi connectivity index (χ1n) is 3.98. The average Bonchev–Trinajstić information content (AvgIpc) is 2.04. The summed E-state index contributed by atoms with van der Waals surface area (Å²) in [5, 5.41) is 0. The molecule has 2 N–H and O–H groups in total. The molecule has 0 radical (unpaired) electrons. The van der Waals surface area contributed by atoms with Gasteiger partial charge in [-0.25, -0.2) is 4.98 Å². The van der Waals surface area contributed by atoms with Crippen LogP contribution in [0.2, 0.25) is 0 Å². The fourth-order valence-corrected chi connectivity index (χ4v) is 1.03. The molecular formula is C9H15N3. The zero-order chi connectivity index (χ0) is 9.14. The van der Waals surface area contributed by atoms with E-state index in [1.807, 2.05) is 31.3 Å². The molecule has 0 atom stereocenters. The van der Waals surface area contributed by atoms with E-state index in [1.165, 1.54) is 5.56 Å². The molecule has 3 heteroatoms. The molecule has 0 bridgehead atoms. The minimum Gasteiger partial charge on any atom is -0.363 e. The maximum Gasteiger partial charge on any atom is 0.128 e. The summed E-state index contributed by atoms with van der Waals surface area (Å²) in [5.41, 5.74) is 7.84. The summed E-state index contributed by atoms with van der Waals surface area (Å²) in [4.78, 5) is 6.24. The van der Waals surface area contributed by atoms with Crippen LogP contribution < -0.4 is 10.6 Å². The third kappa shape index (κ3) is 1.74. The van der Waals surface area contributed by atoms with Crippen LogP contribution in [-0.2, 0) is 6.54 Å². The molecule has 0 saturated heterocycles. The number of nitrogens with zero attached hydrogens (tertiary/aromatic N) is 2. The van der Waals surface area contributed by atoms with Gasteiger partial charge in [0.2, 0.25) is 0 Å². The minimum absolute atomic E-state index is 0.562. The molecular weight excluding hydrogens is 150 g/mol. The molecule has 66 valence electrons. The zero-order valence-corrected chi connectivity index (χ0v) is 7.83. The van der Waals surface area contributed by atoms with E-state index in [9.17, 15) is 0 Å². The standard InChI is InChI=1S/C9H15N3/c1-7-4-9(12(2)3)11-6-8(7)5-10/h4,6H,5,10H2,1-3H3. The van der Waals surface area contributed by atoms with Gasteiger partial charge in [-0.2, -0.15) is 0 Å². The lowest BCUT2D eigenvalue weighted by Gasteiger charge is -2.12. The molecule has 1 aromatic heterocycles. The van der Waals surface area contributed by atoms with Crippen LogP contribution in [0.1, 0.15) is 11.1 Å². The van der Waals surface area contributed by atoms with Gasteiger partial charge in [-0.3, -0.25) is 0 Å². The van der Waals surface area contributed by atoms with E-state index in [0.29, 0.717) is 6.54 Å². The Morgan fingerprint density at radius 1 is 1.50 bits per heavy atom. The second-order valence-electron chi connectivity index (χ2n) is 3.07. The first-order valence-corrected chi connectivity index (χ1v) is 3.98. The number of rotatable bonds is 2.